The van der Waals surface area contributed by atoms with Crippen LogP contribution in [-0.4, -0.2) is 65.7 Å². The van der Waals surface area contributed by atoms with E-state index >= 15 is 0 Å². The number of rotatable bonds is 25. The van der Waals surface area contributed by atoms with Crippen LogP contribution in [-0.2, 0) is 32.7 Å². The third-order valence-corrected chi connectivity index (χ3v) is 6.49. The molecule has 0 saturated heterocycles. The summed E-state index contributed by atoms with van der Waals surface area (Å²) in [4.78, 5) is 33.2. The number of phosphoric acid groups is 1. The Hall–Kier alpha value is -1.03. The zero-order valence-corrected chi connectivity index (χ0v) is 23.1. The van der Waals surface area contributed by atoms with Gasteiger partial charge in [0, 0.05) is 12.8 Å². The second kappa shape index (κ2) is 23.1. The molecule has 0 amide bonds. The Balaban J connectivity index is 3.98. The molecule has 0 fully saturated rings. The van der Waals surface area contributed by atoms with Crippen molar-refractivity contribution >= 4 is 19.8 Å². The van der Waals surface area contributed by atoms with Crippen molar-refractivity contribution in [1.29, 1.82) is 0 Å². The number of esters is 2. The van der Waals surface area contributed by atoms with Gasteiger partial charge in [-0.2, -0.15) is 0 Å². The molecule has 0 radical (unpaired) electrons. The maximum Gasteiger partial charge on any atom is 0.472 e. The van der Waals surface area contributed by atoms with Crippen LogP contribution in [0, 0.1) is 0 Å². The summed E-state index contributed by atoms with van der Waals surface area (Å²) in [5.74, 6) is -1.07. The molecule has 0 aromatic heterocycles. The zero-order chi connectivity index (χ0) is 27.1. The van der Waals surface area contributed by atoms with Gasteiger partial charge in [-0.3, -0.25) is 18.6 Å². The van der Waals surface area contributed by atoms with Crippen molar-refractivity contribution < 1.29 is 47.8 Å². The van der Waals surface area contributed by atoms with Crippen LogP contribution in [0.2, 0.25) is 0 Å². The predicted molar refractivity (Wildman–Crippen MR) is 136 cm³/mol. The second-order valence-corrected chi connectivity index (χ2v) is 10.5. The third-order valence-electron chi connectivity index (χ3n) is 5.54. The Labute approximate surface area is 216 Å². The van der Waals surface area contributed by atoms with E-state index in [4.69, 9.17) is 18.5 Å². The van der Waals surface area contributed by atoms with Crippen molar-refractivity contribution in [3.63, 3.8) is 0 Å². The average Bonchev–Trinajstić information content (AvgIpc) is 2.85. The summed E-state index contributed by atoms with van der Waals surface area (Å²) in [6.07, 6.45) is 12.8. The average molecular weight is 541 g/mol. The van der Waals surface area contributed by atoms with Crippen LogP contribution in [0.25, 0.3) is 0 Å². The first-order valence-electron chi connectivity index (χ1n) is 13.5. The lowest BCUT2D eigenvalue weighted by atomic mass is 10.0. The number of hydrogen-bond donors (Lipinski definition) is 3. The molecule has 0 aliphatic carbocycles. The van der Waals surface area contributed by atoms with E-state index in [1.165, 1.54) is 51.4 Å². The standard InChI is InChI=1S/C25H49O10P/c1-3-5-6-7-8-9-10-11-12-13-14-15-17-25(29)35-23(19-27)21-33-36(30,31)32-20-22(18-26)34-24(28)16-4-2/h22-23,26-27H,3-21H2,1-2H3,(H,30,31). The van der Waals surface area contributed by atoms with Crippen molar-refractivity contribution in [2.24, 2.45) is 0 Å². The highest BCUT2D eigenvalue weighted by molar-refractivity contribution is 7.47. The van der Waals surface area contributed by atoms with Gasteiger partial charge >= 0.3 is 19.8 Å². The lowest BCUT2D eigenvalue weighted by Gasteiger charge is -2.20. The summed E-state index contributed by atoms with van der Waals surface area (Å²) < 4.78 is 31.6. The van der Waals surface area contributed by atoms with Crippen LogP contribution in [0.4, 0.5) is 0 Å². The first kappa shape index (κ1) is 35.0. The molecule has 0 spiro atoms. The van der Waals surface area contributed by atoms with Crippen LogP contribution < -0.4 is 0 Å². The minimum absolute atomic E-state index is 0.145. The van der Waals surface area contributed by atoms with Gasteiger partial charge in [0.05, 0.1) is 26.4 Å². The molecule has 214 valence electrons. The van der Waals surface area contributed by atoms with Crippen molar-refractivity contribution in [2.45, 2.75) is 122 Å². The van der Waals surface area contributed by atoms with Crippen molar-refractivity contribution in [2.75, 3.05) is 26.4 Å². The Morgan fingerprint density at radius 1 is 0.639 bits per heavy atom. The van der Waals surface area contributed by atoms with Crippen molar-refractivity contribution in [3.05, 3.63) is 0 Å². The summed E-state index contributed by atoms with van der Waals surface area (Å²) >= 11 is 0. The molecule has 36 heavy (non-hydrogen) atoms. The molecule has 10 nitrogen and oxygen atoms in total. The predicted octanol–water partition coefficient (Wildman–Crippen LogP) is 4.82. The quantitative estimate of drug-likeness (QED) is 0.0836. The fourth-order valence-electron chi connectivity index (χ4n) is 3.44. The fraction of sp³-hybridized carbons (Fsp3) is 0.920. The number of hydrogen-bond acceptors (Lipinski definition) is 9. The van der Waals surface area contributed by atoms with E-state index in [2.05, 4.69) is 6.92 Å². The van der Waals surface area contributed by atoms with Crippen LogP contribution in [0.5, 0.6) is 0 Å². The van der Waals surface area contributed by atoms with Crippen molar-refractivity contribution in [1.82, 2.24) is 0 Å². The normalized spacial score (nSPS) is 14.7. The molecule has 0 bridgehead atoms. The van der Waals surface area contributed by atoms with E-state index in [9.17, 15) is 29.3 Å². The summed E-state index contributed by atoms with van der Waals surface area (Å²) in [6, 6.07) is 0. The first-order valence-corrected chi connectivity index (χ1v) is 15.0. The number of carbonyl (C=O) groups is 2. The largest absolute Gasteiger partial charge is 0.472 e. The van der Waals surface area contributed by atoms with E-state index < -0.39 is 58.4 Å². The Morgan fingerprint density at radius 3 is 1.42 bits per heavy atom. The minimum Gasteiger partial charge on any atom is -0.457 e. The van der Waals surface area contributed by atoms with E-state index in [1.54, 1.807) is 6.92 Å². The summed E-state index contributed by atoms with van der Waals surface area (Å²) in [6.45, 7) is 1.73. The van der Waals surface area contributed by atoms with Gasteiger partial charge in [-0.1, -0.05) is 84.5 Å². The lowest BCUT2D eigenvalue weighted by Crippen LogP contribution is -2.28. The molecule has 3 N–H and O–H groups in total. The van der Waals surface area contributed by atoms with Gasteiger partial charge in [0.25, 0.3) is 0 Å². The van der Waals surface area contributed by atoms with E-state index in [0.29, 0.717) is 12.8 Å². The third kappa shape index (κ3) is 21.1. The molecule has 3 unspecified atom stereocenters. The van der Waals surface area contributed by atoms with Crippen LogP contribution in [0.15, 0.2) is 0 Å². The molecule has 0 saturated carbocycles. The molecule has 0 rings (SSSR count). The number of aliphatic hydroxyl groups is 2. The van der Waals surface area contributed by atoms with Crippen LogP contribution in [0.3, 0.4) is 0 Å². The van der Waals surface area contributed by atoms with E-state index in [0.717, 1.165) is 19.3 Å². The van der Waals surface area contributed by atoms with Crippen molar-refractivity contribution in [3.8, 4) is 0 Å². The van der Waals surface area contributed by atoms with Gasteiger partial charge < -0.3 is 24.6 Å². The number of carbonyl (C=O) groups excluding carboxylic acids is 2. The monoisotopic (exact) mass is 540 g/mol. The fourth-order valence-corrected chi connectivity index (χ4v) is 4.23. The topological polar surface area (TPSA) is 149 Å². The minimum atomic E-state index is -4.58. The van der Waals surface area contributed by atoms with Gasteiger partial charge in [0.15, 0.2) is 0 Å². The Kier molecular flexibility index (Phi) is 22.5. The number of ether oxygens (including phenoxy) is 2. The molecule has 11 heteroatoms. The zero-order valence-electron chi connectivity index (χ0n) is 22.2. The van der Waals surface area contributed by atoms with E-state index in [1.807, 2.05) is 0 Å². The molecule has 0 aliphatic rings. The van der Waals surface area contributed by atoms with Crippen LogP contribution in [0.1, 0.15) is 110 Å². The maximum atomic E-state index is 12.0. The van der Waals surface area contributed by atoms with Gasteiger partial charge in [-0.05, 0) is 12.8 Å². The first-order chi connectivity index (χ1) is 17.3. The smallest absolute Gasteiger partial charge is 0.457 e. The summed E-state index contributed by atoms with van der Waals surface area (Å²) in [5.41, 5.74) is 0. The summed E-state index contributed by atoms with van der Waals surface area (Å²) in [5, 5.41) is 18.6. The summed E-state index contributed by atoms with van der Waals surface area (Å²) in [7, 11) is -4.58. The molecule has 0 aliphatic heterocycles. The second-order valence-electron chi connectivity index (χ2n) is 9.04. The van der Waals surface area contributed by atoms with E-state index in [-0.39, 0.29) is 12.8 Å². The molecule has 0 aromatic rings. The van der Waals surface area contributed by atoms with Gasteiger partial charge in [-0.25, -0.2) is 4.57 Å². The Morgan fingerprint density at radius 2 is 1.03 bits per heavy atom. The molecular weight excluding hydrogens is 491 g/mol. The molecule has 0 aromatic carbocycles. The molecule has 3 atom stereocenters. The number of phosphoric ester groups is 1. The Bertz CT molecular complexity index is 601. The SMILES string of the molecule is CCCCCCCCCCCCCCC(=O)OC(CO)COP(=O)(O)OCC(CO)OC(=O)CCC. The molecular formula is C25H49O10P. The number of unbranched alkanes of at least 4 members (excludes halogenated alkanes) is 11. The lowest BCUT2D eigenvalue weighted by molar-refractivity contribution is -0.153. The highest BCUT2D eigenvalue weighted by Gasteiger charge is 2.27. The van der Waals surface area contributed by atoms with Gasteiger partial charge in [-0.15, -0.1) is 0 Å². The van der Waals surface area contributed by atoms with Gasteiger partial charge in [0.1, 0.15) is 12.2 Å². The molecule has 0 heterocycles. The highest BCUT2D eigenvalue weighted by Crippen LogP contribution is 2.43. The number of aliphatic hydroxyl groups excluding tert-OH is 2. The van der Waals surface area contributed by atoms with Gasteiger partial charge in [0.2, 0.25) is 0 Å². The highest BCUT2D eigenvalue weighted by atomic mass is 31.2. The van der Waals surface area contributed by atoms with Crippen LogP contribution >= 0.6 is 7.82 Å². The maximum absolute atomic E-state index is 12.0.